The third-order valence-corrected chi connectivity index (χ3v) is 4.08. The van der Waals surface area contributed by atoms with Gasteiger partial charge in [0.25, 0.3) is 0 Å². The number of carbonyl (C=O) groups excluding carboxylic acids is 1. The number of carbonyl (C=O) groups is 1. The van der Waals surface area contributed by atoms with Crippen LogP contribution in [0.15, 0.2) is 0 Å². The molecule has 1 amide bonds. The van der Waals surface area contributed by atoms with Crippen molar-refractivity contribution in [2.45, 2.75) is 51.2 Å². The van der Waals surface area contributed by atoms with Crippen LogP contribution in [0.1, 0.15) is 39.5 Å². The maximum absolute atomic E-state index is 11.7. The average Bonchev–Trinajstić information content (AvgIpc) is 2.75. The summed E-state index contributed by atoms with van der Waals surface area (Å²) in [5.41, 5.74) is 0.00574. The molecule has 2 heterocycles. The molecule has 0 aromatic rings. The molecule has 2 fully saturated rings. The zero-order valence-electron chi connectivity index (χ0n) is 10.3. The average molecular weight is 226 g/mol. The molecule has 4 nitrogen and oxygen atoms in total. The lowest BCUT2D eigenvalue weighted by molar-refractivity contribution is -0.138. The molecule has 16 heavy (non-hydrogen) atoms. The summed E-state index contributed by atoms with van der Waals surface area (Å²) >= 11 is 0. The van der Waals surface area contributed by atoms with Crippen LogP contribution in [0.2, 0.25) is 0 Å². The molecule has 1 N–H and O–H groups in total. The number of amides is 1. The highest BCUT2D eigenvalue weighted by Gasteiger charge is 2.39. The maximum atomic E-state index is 11.7. The minimum atomic E-state index is 0.00574. The van der Waals surface area contributed by atoms with E-state index in [0.717, 1.165) is 32.3 Å². The summed E-state index contributed by atoms with van der Waals surface area (Å²) in [7, 11) is 0. The van der Waals surface area contributed by atoms with Crippen molar-refractivity contribution < 1.29 is 9.53 Å². The Morgan fingerprint density at radius 3 is 2.81 bits per heavy atom. The summed E-state index contributed by atoms with van der Waals surface area (Å²) in [6.45, 7) is 6.36. The van der Waals surface area contributed by atoms with Crippen LogP contribution < -0.4 is 5.32 Å². The lowest BCUT2D eigenvalue weighted by Gasteiger charge is -2.42. The van der Waals surface area contributed by atoms with Gasteiger partial charge in [-0.25, -0.2) is 0 Å². The van der Waals surface area contributed by atoms with E-state index in [-0.39, 0.29) is 11.5 Å². The van der Waals surface area contributed by atoms with Gasteiger partial charge in [0.05, 0.1) is 18.8 Å². The molecule has 2 rings (SSSR count). The SMILES string of the molecule is CCC1(CC)CC(N2CNCC2=O)CCO1. The first-order valence-corrected chi connectivity index (χ1v) is 6.35. The molecule has 2 saturated heterocycles. The van der Waals surface area contributed by atoms with Crippen molar-refractivity contribution in [2.75, 3.05) is 19.8 Å². The number of nitrogens with one attached hydrogen (secondary N) is 1. The summed E-state index contributed by atoms with van der Waals surface area (Å²) in [6, 6.07) is 0.371. The Morgan fingerprint density at radius 1 is 1.50 bits per heavy atom. The van der Waals surface area contributed by atoms with E-state index < -0.39 is 0 Å². The number of ether oxygens (including phenoxy) is 1. The van der Waals surface area contributed by atoms with Crippen molar-refractivity contribution in [3.05, 3.63) is 0 Å². The van der Waals surface area contributed by atoms with E-state index in [1.807, 2.05) is 4.90 Å². The molecule has 2 aliphatic rings. The normalized spacial score (nSPS) is 29.8. The van der Waals surface area contributed by atoms with Gasteiger partial charge in [-0.3, -0.25) is 10.1 Å². The quantitative estimate of drug-likeness (QED) is 0.784. The molecule has 0 saturated carbocycles. The topological polar surface area (TPSA) is 41.6 Å². The predicted octanol–water partition coefficient (Wildman–Crippen LogP) is 1.11. The van der Waals surface area contributed by atoms with Gasteiger partial charge < -0.3 is 9.64 Å². The number of hydrogen-bond acceptors (Lipinski definition) is 3. The molecule has 0 aromatic carbocycles. The molecule has 0 radical (unpaired) electrons. The van der Waals surface area contributed by atoms with Crippen molar-refractivity contribution in [1.82, 2.24) is 10.2 Å². The minimum Gasteiger partial charge on any atom is -0.375 e. The zero-order chi connectivity index (χ0) is 11.6. The lowest BCUT2D eigenvalue weighted by atomic mass is 9.85. The van der Waals surface area contributed by atoms with Gasteiger partial charge in [0.2, 0.25) is 5.91 Å². The largest absolute Gasteiger partial charge is 0.375 e. The van der Waals surface area contributed by atoms with Gasteiger partial charge in [0, 0.05) is 12.6 Å². The molecule has 0 bridgehead atoms. The second-order valence-corrected chi connectivity index (χ2v) is 4.83. The fraction of sp³-hybridized carbons (Fsp3) is 0.917. The van der Waals surface area contributed by atoms with E-state index in [4.69, 9.17) is 4.74 Å². The van der Waals surface area contributed by atoms with Crippen molar-refractivity contribution >= 4 is 5.91 Å². The third-order valence-electron chi connectivity index (χ3n) is 4.08. The highest BCUT2D eigenvalue weighted by Crippen LogP contribution is 2.33. The molecule has 2 aliphatic heterocycles. The highest BCUT2D eigenvalue weighted by molar-refractivity contribution is 5.80. The smallest absolute Gasteiger partial charge is 0.237 e. The number of nitrogens with zero attached hydrogens (tertiary/aromatic N) is 1. The van der Waals surface area contributed by atoms with E-state index in [2.05, 4.69) is 19.2 Å². The van der Waals surface area contributed by atoms with Crippen LogP contribution in [0, 0.1) is 0 Å². The summed E-state index contributed by atoms with van der Waals surface area (Å²) in [6.07, 6.45) is 4.05. The highest BCUT2D eigenvalue weighted by atomic mass is 16.5. The first-order valence-electron chi connectivity index (χ1n) is 6.35. The van der Waals surface area contributed by atoms with Crippen molar-refractivity contribution in [3.63, 3.8) is 0 Å². The number of hydrogen-bond donors (Lipinski definition) is 1. The van der Waals surface area contributed by atoms with Crippen LogP contribution in [0.5, 0.6) is 0 Å². The predicted molar refractivity (Wildman–Crippen MR) is 62.0 cm³/mol. The van der Waals surface area contributed by atoms with Gasteiger partial charge in [-0.1, -0.05) is 13.8 Å². The second-order valence-electron chi connectivity index (χ2n) is 4.83. The lowest BCUT2D eigenvalue weighted by Crippen LogP contribution is -2.49. The monoisotopic (exact) mass is 226 g/mol. The van der Waals surface area contributed by atoms with E-state index in [9.17, 15) is 4.79 Å². The summed E-state index contributed by atoms with van der Waals surface area (Å²) < 4.78 is 5.93. The van der Waals surface area contributed by atoms with Gasteiger partial charge in [0.15, 0.2) is 0 Å². The first kappa shape index (κ1) is 11.9. The standard InChI is InChI=1S/C12H22N2O2/c1-3-12(4-2)7-10(5-6-16-12)14-9-13-8-11(14)15/h10,13H,3-9H2,1-2H3. The Hall–Kier alpha value is -0.610. The van der Waals surface area contributed by atoms with E-state index in [0.29, 0.717) is 19.3 Å². The van der Waals surface area contributed by atoms with E-state index in [1.54, 1.807) is 0 Å². The molecular weight excluding hydrogens is 204 g/mol. The molecule has 92 valence electrons. The third kappa shape index (κ3) is 2.09. The molecule has 0 spiro atoms. The van der Waals surface area contributed by atoms with Gasteiger partial charge in [0.1, 0.15) is 0 Å². The molecule has 0 aromatic heterocycles. The van der Waals surface area contributed by atoms with E-state index >= 15 is 0 Å². The Morgan fingerprint density at radius 2 is 2.25 bits per heavy atom. The molecule has 4 heteroatoms. The van der Waals surface area contributed by atoms with Crippen LogP contribution in [-0.2, 0) is 9.53 Å². The Bertz CT molecular complexity index is 264. The Kier molecular flexibility index (Phi) is 3.50. The minimum absolute atomic E-state index is 0.00574. The Labute approximate surface area is 97.3 Å². The van der Waals surface area contributed by atoms with Gasteiger partial charge in [-0.2, -0.15) is 0 Å². The van der Waals surface area contributed by atoms with Gasteiger partial charge in [-0.05, 0) is 25.7 Å². The van der Waals surface area contributed by atoms with Crippen LogP contribution in [-0.4, -0.2) is 42.3 Å². The number of rotatable bonds is 3. The summed E-state index contributed by atoms with van der Waals surface area (Å²) in [4.78, 5) is 13.7. The summed E-state index contributed by atoms with van der Waals surface area (Å²) in [5, 5.41) is 3.12. The van der Waals surface area contributed by atoms with Crippen LogP contribution in [0.25, 0.3) is 0 Å². The first-order chi connectivity index (χ1) is 7.71. The molecule has 1 unspecified atom stereocenters. The van der Waals surface area contributed by atoms with Crippen LogP contribution in [0.3, 0.4) is 0 Å². The molecule has 0 aliphatic carbocycles. The van der Waals surface area contributed by atoms with Crippen LogP contribution in [0.4, 0.5) is 0 Å². The molecular formula is C12H22N2O2. The van der Waals surface area contributed by atoms with Crippen molar-refractivity contribution in [3.8, 4) is 0 Å². The maximum Gasteiger partial charge on any atom is 0.237 e. The van der Waals surface area contributed by atoms with Gasteiger partial charge in [-0.15, -0.1) is 0 Å². The fourth-order valence-corrected chi connectivity index (χ4v) is 2.82. The second kappa shape index (κ2) is 4.72. The zero-order valence-corrected chi connectivity index (χ0v) is 10.3. The fourth-order valence-electron chi connectivity index (χ4n) is 2.82. The Balaban J connectivity index is 2.03. The molecule has 1 atom stereocenters. The van der Waals surface area contributed by atoms with E-state index in [1.165, 1.54) is 0 Å². The van der Waals surface area contributed by atoms with Crippen LogP contribution >= 0.6 is 0 Å². The van der Waals surface area contributed by atoms with Gasteiger partial charge >= 0.3 is 0 Å². The van der Waals surface area contributed by atoms with Crippen molar-refractivity contribution in [2.24, 2.45) is 0 Å². The summed E-state index contributed by atoms with van der Waals surface area (Å²) in [5.74, 6) is 0.244. The van der Waals surface area contributed by atoms with Crippen molar-refractivity contribution in [1.29, 1.82) is 0 Å².